The molecule has 1 aromatic heterocycles. The van der Waals surface area contributed by atoms with Crippen molar-refractivity contribution in [3.05, 3.63) is 22.6 Å². The number of aryl methyl sites for hydroxylation is 2. The van der Waals surface area contributed by atoms with Gasteiger partial charge in [0, 0.05) is 13.2 Å². The van der Waals surface area contributed by atoms with Gasteiger partial charge in [-0.3, -0.25) is 0 Å². The molecule has 2 nitrogen and oxygen atoms in total. The fraction of sp³-hybridized carbons (Fsp3) is 0.692. The summed E-state index contributed by atoms with van der Waals surface area (Å²) in [5.41, 5.74) is 3.50. The molecule has 1 spiro atoms. The molecule has 82 valence electrons. The van der Waals surface area contributed by atoms with Crippen LogP contribution in [-0.2, 0) is 17.6 Å². The molecule has 15 heavy (non-hydrogen) atoms. The van der Waals surface area contributed by atoms with Crippen molar-refractivity contribution in [2.45, 2.75) is 39.5 Å². The lowest BCUT2D eigenvalue weighted by atomic mass is 9.77. The van der Waals surface area contributed by atoms with Crippen molar-refractivity contribution in [2.24, 2.45) is 5.41 Å². The summed E-state index contributed by atoms with van der Waals surface area (Å²) < 4.78 is 11.2. The second-order valence-corrected chi connectivity index (χ2v) is 5.14. The molecule has 0 unspecified atom stereocenters. The van der Waals surface area contributed by atoms with E-state index in [1.807, 2.05) is 0 Å². The molecule has 1 saturated heterocycles. The highest BCUT2D eigenvalue weighted by Crippen LogP contribution is 2.46. The van der Waals surface area contributed by atoms with Gasteiger partial charge in [-0.25, -0.2) is 0 Å². The molecule has 0 N–H and O–H groups in total. The summed E-state index contributed by atoms with van der Waals surface area (Å²) in [5.74, 6) is 2.29. The minimum absolute atomic E-state index is 0.509. The number of fused-ring (bicyclic) bond motifs is 1. The van der Waals surface area contributed by atoms with E-state index in [0.29, 0.717) is 5.41 Å². The van der Waals surface area contributed by atoms with Gasteiger partial charge in [-0.15, -0.1) is 0 Å². The van der Waals surface area contributed by atoms with E-state index in [1.54, 1.807) is 0 Å². The van der Waals surface area contributed by atoms with E-state index >= 15 is 0 Å². The number of hydrogen-bond donors (Lipinski definition) is 0. The molecule has 0 aromatic carbocycles. The van der Waals surface area contributed by atoms with Crippen molar-refractivity contribution in [2.75, 3.05) is 13.2 Å². The molecule has 1 fully saturated rings. The molecule has 1 aliphatic carbocycles. The Bertz CT molecular complexity index is 355. The molecule has 0 atom stereocenters. The first-order chi connectivity index (χ1) is 7.20. The smallest absolute Gasteiger partial charge is 0.104 e. The van der Waals surface area contributed by atoms with Crippen LogP contribution in [0, 0.1) is 19.3 Å². The fourth-order valence-electron chi connectivity index (χ4n) is 3.21. The predicted molar refractivity (Wildman–Crippen MR) is 58.1 cm³/mol. The Morgan fingerprint density at radius 2 is 1.47 bits per heavy atom. The predicted octanol–water partition coefficient (Wildman–Crippen LogP) is 2.79. The molecule has 3 rings (SSSR count). The Kier molecular flexibility index (Phi) is 1.96. The summed E-state index contributed by atoms with van der Waals surface area (Å²) in [5, 5.41) is 0. The first-order valence-corrected chi connectivity index (χ1v) is 5.86. The molecule has 1 aliphatic heterocycles. The summed E-state index contributed by atoms with van der Waals surface area (Å²) in [7, 11) is 0. The zero-order chi connectivity index (χ0) is 10.5. The average molecular weight is 206 g/mol. The van der Waals surface area contributed by atoms with Crippen molar-refractivity contribution in [1.29, 1.82) is 0 Å². The van der Waals surface area contributed by atoms with Crippen molar-refractivity contribution < 1.29 is 9.15 Å². The maximum absolute atomic E-state index is 5.69. The molecule has 2 heteroatoms. The van der Waals surface area contributed by atoms with Gasteiger partial charge in [0.15, 0.2) is 0 Å². The highest BCUT2D eigenvalue weighted by Gasteiger charge is 2.41. The molecule has 2 heterocycles. The van der Waals surface area contributed by atoms with Crippen LogP contribution in [0.15, 0.2) is 4.42 Å². The first kappa shape index (κ1) is 9.46. The second kappa shape index (κ2) is 3.11. The third-order valence-electron chi connectivity index (χ3n) is 4.18. The van der Waals surface area contributed by atoms with E-state index in [4.69, 9.17) is 9.15 Å². The van der Waals surface area contributed by atoms with Gasteiger partial charge in [-0.1, -0.05) is 0 Å². The topological polar surface area (TPSA) is 22.4 Å². The number of furan rings is 1. The Balaban J connectivity index is 1.94. The highest BCUT2D eigenvalue weighted by molar-refractivity contribution is 5.39. The van der Waals surface area contributed by atoms with Crippen molar-refractivity contribution in [3.63, 3.8) is 0 Å². The molecule has 0 radical (unpaired) electrons. The maximum Gasteiger partial charge on any atom is 0.104 e. The lowest BCUT2D eigenvalue weighted by Gasteiger charge is -2.33. The minimum atomic E-state index is 0.509. The van der Waals surface area contributed by atoms with E-state index < -0.39 is 0 Å². The standard InChI is InChI=1S/C13H18O2/c1-9-11-7-13(3-5-14-6-4-13)8-12(11)10(2)15-9/h3-8H2,1-2H3. The van der Waals surface area contributed by atoms with Crippen LogP contribution >= 0.6 is 0 Å². The van der Waals surface area contributed by atoms with Gasteiger partial charge in [0.05, 0.1) is 0 Å². The monoisotopic (exact) mass is 206 g/mol. The quantitative estimate of drug-likeness (QED) is 0.651. The second-order valence-electron chi connectivity index (χ2n) is 5.14. The highest BCUT2D eigenvalue weighted by atomic mass is 16.5. The normalized spacial score (nSPS) is 23.3. The third-order valence-corrected chi connectivity index (χ3v) is 4.18. The Hall–Kier alpha value is -0.760. The Labute approximate surface area is 90.6 Å². The van der Waals surface area contributed by atoms with Crippen LogP contribution < -0.4 is 0 Å². The molecule has 0 saturated carbocycles. The van der Waals surface area contributed by atoms with E-state index in [2.05, 4.69) is 13.8 Å². The summed E-state index contributed by atoms with van der Waals surface area (Å²) in [6.45, 7) is 6.09. The molecular formula is C13H18O2. The number of hydrogen-bond acceptors (Lipinski definition) is 2. The van der Waals surface area contributed by atoms with Crippen LogP contribution in [0.4, 0.5) is 0 Å². The van der Waals surface area contributed by atoms with Gasteiger partial charge >= 0.3 is 0 Å². The molecule has 1 aromatic rings. The zero-order valence-corrected chi connectivity index (χ0v) is 9.56. The van der Waals surface area contributed by atoms with Crippen molar-refractivity contribution in [1.82, 2.24) is 0 Å². The van der Waals surface area contributed by atoms with E-state index in [-0.39, 0.29) is 0 Å². The SMILES string of the molecule is Cc1oc(C)c2c1CC1(CCOCC1)C2. The van der Waals surface area contributed by atoms with E-state index in [1.165, 1.54) is 36.8 Å². The Morgan fingerprint density at radius 3 is 2.00 bits per heavy atom. The molecular weight excluding hydrogens is 188 g/mol. The van der Waals surface area contributed by atoms with Gasteiger partial charge in [-0.05, 0) is 56.1 Å². The summed E-state index contributed by atoms with van der Waals surface area (Å²) >= 11 is 0. The largest absolute Gasteiger partial charge is 0.466 e. The number of rotatable bonds is 0. The molecule has 0 amide bonds. The van der Waals surface area contributed by atoms with Crippen LogP contribution in [0.5, 0.6) is 0 Å². The summed E-state index contributed by atoms with van der Waals surface area (Å²) in [6.07, 6.45) is 4.88. The first-order valence-electron chi connectivity index (χ1n) is 5.86. The van der Waals surface area contributed by atoms with E-state index in [0.717, 1.165) is 24.7 Å². The van der Waals surface area contributed by atoms with Crippen LogP contribution in [0.25, 0.3) is 0 Å². The number of ether oxygens (including phenoxy) is 1. The van der Waals surface area contributed by atoms with Crippen molar-refractivity contribution in [3.8, 4) is 0 Å². The molecule has 2 aliphatic rings. The van der Waals surface area contributed by atoms with Gasteiger partial charge in [0.2, 0.25) is 0 Å². The maximum atomic E-state index is 5.69. The third kappa shape index (κ3) is 1.35. The van der Waals surface area contributed by atoms with Crippen LogP contribution in [-0.4, -0.2) is 13.2 Å². The van der Waals surface area contributed by atoms with Gasteiger partial charge < -0.3 is 9.15 Å². The van der Waals surface area contributed by atoms with Crippen molar-refractivity contribution >= 4 is 0 Å². The summed E-state index contributed by atoms with van der Waals surface area (Å²) in [4.78, 5) is 0. The van der Waals surface area contributed by atoms with Gasteiger partial charge in [0.25, 0.3) is 0 Å². The fourth-order valence-corrected chi connectivity index (χ4v) is 3.21. The average Bonchev–Trinajstić information content (AvgIpc) is 2.69. The minimum Gasteiger partial charge on any atom is -0.466 e. The van der Waals surface area contributed by atoms with Gasteiger partial charge in [-0.2, -0.15) is 0 Å². The van der Waals surface area contributed by atoms with Crippen LogP contribution in [0.2, 0.25) is 0 Å². The Morgan fingerprint density at radius 1 is 0.933 bits per heavy atom. The van der Waals surface area contributed by atoms with Crippen LogP contribution in [0.1, 0.15) is 35.5 Å². The molecule has 0 bridgehead atoms. The summed E-state index contributed by atoms with van der Waals surface area (Å²) in [6, 6.07) is 0. The van der Waals surface area contributed by atoms with E-state index in [9.17, 15) is 0 Å². The lowest BCUT2D eigenvalue weighted by Crippen LogP contribution is -2.30. The zero-order valence-electron chi connectivity index (χ0n) is 9.56. The lowest BCUT2D eigenvalue weighted by molar-refractivity contribution is 0.0193. The van der Waals surface area contributed by atoms with Crippen LogP contribution in [0.3, 0.4) is 0 Å². The van der Waals surface area contributed by atoms with Gasteiger partial charge in [0.1, 0.15) is 11.5 Å².